The Bertz CT molecular complexity index is 188. The molecule has 0 radical (unpaired) electrons. The van der Waals surface area contributed by atoms with E-state index in [1.54, 1.807) is 0 Å². The van der Waals surface area contributed by atoms with Gasteiger partial charge in [-0.05, 0) is 38.5 Å². The Labute approximate surface area is 86.6 Å². The lowest BCUT2D eigenvalue weighted by atomic mass is 10.0. The van der Waals surface area contributed by atoms with E-state index in [2.05, 4.69) is 31.4 Å². The van der Waals surface area contributed by atoms with Crippen LogP contribution in [0.4, 0.5) is 4.79 Å². The lowest BCUT2D eigenvalue weighted by Gasteiger charge is -2.15. The van der Waals surface area contributed by atoms with E-state index in [0.717, 1.165) is 19.3 Å². The van der Waals surface area contributed by atoms with E-state index in [-0.39, 0.29) is 12.1 Å². The molecule has 1 rings (SSSR count). The number of hydrogen-bond acceptors (Lipinski definition) is 1. The average molecular weight is 198 g/mol. The summed E-state index contributed by atoms with van der Waals surface area (Å²) in [5, 5.41) is 5.88. The summed E-state index contributed by atoms with van der Waals surface area (Å²) >= 11 is 0. The molecule has 1 fully saturated rings. The number of urea groups is 1. The molecule has 0 heterocycles. The summed E-state index contributed by atoms with van der Waals surface area (Å²) in [4.78, 5) is 11.3. The van der Waals surface area contributed by atoms with Crippen molar-refractivity contribution < 1.29 is 4.79 Å². The number of carbonyl (C=O) groups is 1. The summed E-state index contributed by atoms with van der Waals surface area (Å²) in [6.45, 7) is 6.48. The molecule has 14 heavy (non-hydrogen) atoms. The molecular formula is C11H22N2O. The standard InChI is InChI=1S/C11H22N2O/c1-8(2)4-5-9(3)12-11(14)13-10-6-7-10/h8-10H,4-7H2,1-3H3,(H2,12,13,14). The second-order valence-electron chi connectivity index (χ2n) is 4.76. The first-order valence-corrected chi connectivity index (χ1v) is 5.65. The summed E-state index contributed by atoms with van der Waals surface area (Å²) in [7, 11) is 0. The topological polar surface area (TPSA) is 41.1 Å². The number of nitrogens with one attached hydrogen (secondary N) is 2. The number of rotatable bonds is 5. The van der Waals surface area contributed by atoms with Gasteiger partial charge in [0.2, 0.25) is 0 Å². The maximum Gasteiger partial charge on any atom is 0.315 e. The Balaban J connectivity index is 2.05. The third-order valence-corrected chi connectivity index (χ3v) is 2.47. The van der Waals surface area contributed by atoms with Gasteiger partial charge < -0.3 is 10.6 Å². The van der Waals surface area contributed by atoms with Crippen LogP contribution < -0.4 is 10.6 Å². The van der Waals surface area contributed by atoms with Crippen molar-refractivity contribution in [1.29, 1.82) is 0 Å². The zero-order valence-corrected chi connectivity index (χ0v) is 9.47. The highest BCUT2D eigenvalue weighted by Gasteiger charge is 2.23. The van der Waals surface area contributed by atoms with Gasteiger partial charge in [0.05, 0.1) is 0 Å². The van der Waals surface area contributed by atoms with E-state index in [0.29, 0.717) is 12.0 Å². The van der Waals surface area contributed by atoms with Crippen molar-refractivity contribution in [3.8, 4) is 0 Å². The Morgan fingerprint density at radius 2 is 1.93 bits per heavy atom. The summed E-state index contributed by atoms with van der Waals surface area (Å²) in [6, 6.07) is 0.743. The monoisotopic (exact) mass is 198 g/mol. The summed E-state index contributed by atoms with van der Waals surface area (Å²) < 4.78 is 0. The molecule has 1 unspecified atom stereocenters. The molecule has 0 spiro atoms. The molecule has 0 aromatic heterocycles. The van der Waals surface area contributed by atoms with Crippen LogP contribution in [0.2, 0.25) is 0 Å². The van der Waals surface area contributed by atoms with Crippen LogP contribution in [0.25, 0.3) is 0 Å². The first kappa shape index (κ1) is 11.3. The molecule has 3 nitrogen and oxygen atoms in total. The fourth-order valence-electron chi connectivity index (χ4n) is 1.33. The van der Waals surface area contributed by atoms with Gasteiger partial charge in [-0.1, -0.05) is 13.8 Å². The van der Waals surface area contributed by atoms with Gasteiger partial charge in [0.1, 0.15) is 0 Å². The van der Waals surface area contributed by atoms with Crippen molar-refractivity contribution >= 4 is 6.03 Å². The van der Waals surface area contributed by atoms with E-state index < -0.39 is 0 Å². The summed E-state index contributed by atoms with van der Waals surface area (Å²) in [6.07, 6.45) is 4.53. The van der Waals surface area contributed by atoms with Crippen molar-refractivity contribution in [3.63, 3.8) is 0 Å². The van der Waals surface area contributed by atoms with E-state index >= 15 is 0 Å². The highest BCUT2D eigenvalue weighted by molar-refractivity contribution is 5.74. The first-order valence-electron chi connectivity index (χ1n) is 5.65. The van der Waals surface area contributed by atoms with Crippen LogP contribution in [0.3, 0.4) is 0 Å². The predicted octanol–water partition coefficient (Wildman–Crippen LogP) is 2.27. The van der Waals surface area contributed by atoms with Crippen LogP contribution in [0.1, 0.15) is 46.5 Å². The van der Waals surface area contributed by atoms with E-state index in [9.17, 15) is 4.79 Å². The molecule has 2 N–H and O–H groups in total. The zero-order chi connectivity index (χ0) is 10.6. The molecule has 2 amide bonds. The van der Waals surface area contributed by atoms with Crippen LogP contribution in [0, 0.1) is 5.92 Å². The Morgan fingerprint density at radius 1 is 1.29 bits per heavy atom. The van der Waals surface area contributed by atoms with Gasteiger partial charge in [0.25, 0.3) is 0 Å². The molecule has 0 aromatic rings. The average Bonchev–Trinajstić information content (AvgIpc) is 2.84. The quantitative estimate of drug-likeness (QED) is 0.699. The van der Waals surface area contributed by atoms with Crippen LogP contribution in [-0.4, -0.2) is 18.1 Å². The molecule has 82 valence electrons. The number of carbonyl (C=O) groups excluding carboxylic acids is 1. The Kier molecular flexibility index (Phi) is 4.23. The van der Waals surface area contributed by atoms with Crippen LogP contribution >= 0.6 is 0 Å². The van der Waals surface area contributed by atoms with Crippen molar-refractivity contribution in [3.05, 3.63) is 0 Å². The Morgan fingerprint density at radius 3 is 2.43 bits per heavy atom. The normalized spacial score (nSPS) is 18.0. The molecule has 1 aliphatic carbocycles. The lowest BCUT2D eigenvalue weighted by Crippen LogP contribution is -2.41. The minimum Gasteiger partial charge on any atom is -0.336 e. The number of hydrogen-bond donors (Lipinski definition) is 2. The van der Waals surface area contributed by atoms with Crippen molar-refractivity contribution in [2.45, 2.75) is 58.5 Å². The Hall–Kier alpha value is -0.730. The van der Waals surface area contributed by atoms with Gasteiger partial charge in [0, 0.05) is 12.1 Å². The van der Waals surface area contributed by atoms with Gasteiger partial charge in [-0.3, -0.25) is 0 Å². The second kappa shape index (κ2) is 5.23. The van der Waals surface area contributed by atoms with Gasteiger partial charge >= 0.3 is 6.03 Å². The molecule has 0 bridgehead atoms. The van der Waals surface area contributed by atoms with Crippen LogP contribution in [0.5, 0.6) is 0 Å². The largest absolute Gasteiger partial charge is 0.336 e. The van der Waals surface area contributed by atoms with Crippen molar-refractivity contribution in [2.24, 2.45) is 5.92 Å². The molecule has 3 heteroatoms. The maximum atomic E-state index is 11.3. The van der Waals surface area contributed by atoms with Gasteiger partial charge in [-0.15, -0.1) is 0 Å². The van der Waals surface area contributed by atoms with E-state index in [4.69, 9.17) is 0 Å². The zero-order valence-electron chi connectivity index (χ0n) is 9.47. The summed E-state index contributed by atoms with van der Waals surface area (Å²) in [5.74, 6) is 0.714. The lowest BCUT2D eigenvalue weighted by molar-refractivity contribution is 0.236. The van der Waals surface area contributed by atoms with Crippen molar-refractivity contribution in [1.82, 2.24) is 10.6 Å². The van der Waals surface area contributed by atoms with Gasteiger partial charge in [0.15, 0.2) is 0 Å². The molecule has 1 aliphatic rings. The third kappa shape index (κ3) is 5.10. The minimum absolute atomic E-state index is 0.00348. The highest BCUT2D eigenvalue weighted by atomic mass is 16.2. The maximum absolute atomic E-state index is 11.3. The van der Waals surface area contributed by atoms with E-state index in [1.807, 2.05) is 0 Å². The predicted molar refractivity (Wildman–Crippen MR) is 58.2 cm³/mol. The fourth-order valence-corrected chi connectivity index (χ4v) is 1.33. The molecule has 0 aromatic carbocycles. The minimum atomic E-state index is 0.00348. The number of amides is 2. The molecular weight excluding hydrogens is 176 g/mol. The molecule has 1 saturated carbocycles. The SMILES string of the molecule is CC(C)CCC(C)NC(=O)NC1CC1. The first-order chi connectivity index (χ1) is 6.58. The molecule has 1 atom stereocenters. The third-order valence-electron chi connectivity index (χ3n) is 2.47. The van der Waals surface area contributed by atoms with Crippen LogP contribution in [0.15, 0.2) is 0 Å². The fraction of sp³-hybridized carbons (Fsp3) is 0.909. The highest BCUT2D eigenvalue weighted by Crippen LogP contribution is 2.18. The van der Waals surface area contributed by atoms with Crippen molar-refractivity contribution in [2.75, 3.05) is 0 Å². The smallest absolute Gasteiger partial charge is 0.315 e. The summed E-state index contributed by atoms with van der Waals surface area (Å²) in [5.41, 5.74) is 0. The van der Waals surface area contributed by atoms with E-state index in [1.165, 1.54) is 6.42 Å². The van der Waals surface area contributed by atoms with Gasteiger partial charge in [-0.2, -0.15) is 0 Å². The molecule has 0 saturated heterocycles. The van der Waals surface area contributed by atoms with Crippen LogP contribution in [-0.2, 0) is 0 Å². The molecule has 0 aliphatic heterocycles. The van der Waals surface area contributed by atoms with Gasteiger partial charge in [-0.25, -0.2) is 4.79 Å². The second-order valence-corrected chi connectivity index (χ2v) is 4.76.